The predicted octanol–water partition coefficient (Wildman–Crippen LogP) is 2.30. The number of methoxy groups -OCH3 is 2. The van der Waals surface area contributed by atoms with Crippen LogP contribution in [0.25, 0.3) is 0 Å². The summed E-state index contributed by atoms with van der Waals surface area (Å²) in [5.74, 6) is -2.35. The molecule has 1 amide bonds. The summed E-state index contributed by atoms with van der Waals surface area (Å²) in [6, 6.07) is 12.1. The first-order valence-corrected chi connectivity index (χ1v) is 11.4. The number of benzene rings is 2. The molecule has 0 aromatic heterocycles. The second-order valence-electron chi connectivity index (χ2n) is 7.29. The molecule has 0 saturated carbocycles. The van der Waals surface area contributed by atoms with Crippen molar-refractivity contribution in [3.05, 3.63) is 59.7 Å². The summed E-state index contributed by atoms with van der Waals surface area (Å²) in [6.07, 6.45) is 1.03. The van der Waals surface area contributed by atoms with E-state index in [1.807, 2.05) is 0 Å². The summed E-state index contributed by atoms with van der Waals surface area (Å²) in [5.41, 5.74) is 0.353. The first-order valence-electron chi connectivity index (χ1n) is 9.94. The Balaban J connectivity index is 1.79. The maximum Gasteiger partial charge on any atom is 0.337 e. The third kappa shape index (κ3) is 5.14. The second kappa shape index (κ2) is 9.92. The van der Waals surface area contributed by atoms with Crippen molar-refractivity contribution >= 4 is 33.6 Å². The maximum atomic E-state index is 12.9. The lowest BCUT2D eigenvalue weighted by Crippen LogP contribution is -2.43. The van der Waals surface area contributed by atoms with Crippen LogP contribution in [0.1, 0.15) is 33.6 Å². The highest BCUT2D eigenvalue weighted by Crippen LogP contribution is 2.25. The van der Waals surface area contributed by atoms with E-state index in [1.54, 1.807) is 18.2 Å². The Kier molecular flexibility index (Phi) is 7.26. The molecule has 1 aliphatic heterocycles. The number of anilines is 1. The summed E-state index contributed by atoms with van der Waals surface area (Å²) in [5, 5.41) is 2.69. The van der Waals surface area contributed by atoms with E-state index < -0.39 is 33.8 Å². The summed E-state index contributed by atoms with van der Waals surface area (Å²) < 4.78 is 36.5. The molecule has 1 saturated heterocycles. The lowest BCUT2D eigenvalue weighted by Gasteiger charge is -2.31. The van der Waals surface area contributed by atoms with Crippen molar-refractivity contribution in [2.45, 2.75) is 17.7 Å². The van der Waals surface area contributed by atoms with Gasteiger partial charge in [-0.25, -0.2) is 18.0 Å². The van der Waals surface area contributed by atoms with Crippen LogP contribution in [0.4, 0.5) is 5.69 Å². The van der Waals surface area contributed by atoms with Crippen LogP contribution in [0.3, 0.4) is 0 Å². The molecule has 2 aromatic carbocycles. The summed E-state index contributed by atoms with van der Waals surface area (Å²) >= 11 is 0. The number of piperidine rings is 1. The monoisotopic (exact) mass is 460 g/mol. The Bertz CT molecular complexity index is 1080. The molecule has 0 radical (unpaired) electrons. The largest absolute Gasteiger partial charge is 0.465 e. The summed E-state index contributed by atoms with van der Waals surface area (Å²) in [6.45, 7) is 0.356. The van der Waals surface area contributed by atoms with Crippen LogP contribution in [0.5, 0.6) is 0 Å². The number of ether oxygens (including phenoxy) is 2. The molecule has 9 nitrogen and oxygen atoms in total. The minimum atomic E-state index is -3.71. The van der Waals surface area contributed by atoms with Gasteiger partial charge < -0.3 is 14.8 Å². The highest BCUT2D eigenvalue weighted by molar-refractivity contribution is 7.89. The number of esters is 2. The van der Waals surface area contributed by atoms with Gasteiger partial charge >= 0.3 is 11.9 Å². The lowest BCUT2D eigenvalue weighted by molar-refractivity contribution is -0.120. The zero-order valence-electron chi connectivity index (χ0n) is 17.7. The van der Waals surface area contributed by atoms with E-state index in [0.29, 0.717) is 19.4 Å². The van der Waals surface area contributed by atoms with Crippen LogP contribution in [-0.4, -0.2) is 57.9 Å². The van der Waals surface area contributed by atoms with Crippen molar-refractivity contribution in [2.75, 3.05) is 32.6 Å². The number of nitrogens with zero attached hydrogens (tertiary/aromatic N) is 1. The molecule has 1 N–H and O–H groups in total. The van der Waals surface area contributed by atoms with E-state index >= 15 is 0 Å². The van der Waals surface area contributed by atoms with Gasteiger partial charge in [0.1, 0.15) is 0 Å². The molecule has 10 heteroatoms. The van der Waals surface area contributed by atoms with E-state index in [0.717, 1.165) is 0 Å². The highest BCUT2D eigenvalue weighted by atomic mass is 32.2. The Morgan fingerprint density at radius 2 is 1.56 bits per heavy atom. The molecule has 0 aliphatic carbocycles. The van der Waals surface area contributed by atoms with Crippen LogP contribution in [-0.2, 0) is 24.3 Å². The van der Waals surface area contributed by atoms with E-state index in [-0.39, 0.29) is 28.3 Å². The van der Waals surface area contributed by atoms with Gasteiger partial charge in [-0.3, -0.25) is 4.79 Å². The average molecular weight is 461 g/mol. The molecule has 0 unspecified atom stereocenters. The van der Waals surface area contributed by atoms with E-state index in [9.17, 15) is 22.8 Å². The minimum Gasteiger partial charge on any atom is -0.465 e. The van der Waals surface area contributed by atoms with Crippen molar-refractivity contribution < 1.29 is 32.3 Å². The molecule has 170 valence electrons. The number of carbonyl (C=O) groups is 3. The van der Waals surface area contributed by atoms with E-state index in [2.05, 4.69) is 5.32 Å². The number of rotatable bonds is 6. The van der Waals surface area contributed by atoms with Gasteiger partial charge in [-0.15, -0.1) is 0 Å². The number of nitrogens with one attached hydrogen (secondary N) is 1. The van der Waals surface area contributed by atoms with Crippen LogP contribution >= 0.6 is 0 Å². The molecule has 1 atom stereocenters. The first-order chi connectivity index (χ1) is 15.3. The van der Waals surface area contributed by atoms with Crippen molar-refractivity contribution in [3.63, 3.8) is 0 Å². The molecule has 1 fully saturated rings. The molecule has 1 heterocycles. The zero-order chi connectivity index (χ0) is 23.3. The SMILES string of the molecule is COC(=O)c1cc(NC(=O)[C@H]2CCCN(S(=O)(=O)c3ccccc3)C2)cc(C(=O)OC)c1. The van der Waals surface area contributed by atoms with Gasteiger partial charge in [0.05, 0.1) is 36.2 Å². The van der Waals surface area contributed by atoms with Gasteiger partial charge in [-0.2, -0.15) is 4.31 Å². The van der Waals surface area contributed by atoms with Crippen LogP contribution in [0.15, 0.2) is 53.4 Å². The lowest BCUT2D eigenvalue weighted by atomic mass is 9.98. The number of sulfonamides is 1. The molecule has 0 bridgehead atoms. The maximum absolute atomic E-state index is 12.9. The van der Waals surface area contributed by atoms with E-state index in [4.69, 9.17) is 9.47 Å². The third-order valence-corrected chi connectivity index (χ3v) is 7.06. The smallest absolute Gasteiger partial charge is 0.337 e. The fourth-order valence-electron chi connectivity index (χ4n) is 3.53. The second-order valence-corrected chi connectivity index (χ2v) is 9.22. The normalized spacial score (nSPS) is 16.8. The Hall–Kier alpha value is -3.24. The predicted molar refractivity (Wildman–Crippen MR) is 116 cm³/mol. The number of carbonyl (C=O) groups excluding carboxylic acids is 3. The summed E-state index contributed by atoms with van der Waals surface area (Å²) in [7, 11) is -1.31. The van der Waals surface area contributed by atoms with E-state index in [1.165, 1.54) is 48.9 Å². The van der Waals surface area contributed by atoms with Gasteiger partial charge in [0.15, 0.2) is 0 Å². The topological polar surface area (TPSA) is 119 Å². The summed E-state index contributed by atoms with van der Waals surface area (Å²) in [4.78, 5) is 37.0. The number of amides is 1. The molecular weight excluding hydrogens is 436 g/mol. The Labute approximate surface area is 186 Å². The first kappa shape index (κ1) is 23.4. The van der Waals surface area contributed by atoms with Gasteiger partial charge in [-0.1, -0.05) is 18.2 Å². The average Bonchev–Trinajstić information content (AvgIpc) is 2.83. The number of hydrogen-bond acceptors (Lipinski definition) is 7. The quantitative estimate of drug-likeness (QED) is 0.657. The molecule has 0 spiro atoms. The number of hydrogen-bond donors (Lipinski definition) is 1. The van der Waals surface area contributed by atoms with Gasteiger partial charge in [-0.05, 0) is 43.2 Å². The standard InChI is InChI=1S/C22H24N2O7S/c1-30-21(26)16-11-17(22(27)31-2)13-18(12-16)23-20(25)15-7-6-10-24(14-15)32(28,29)19-8-4-3-5-9-19/h3-5,8-9,11-13,15H,6-7,10,14H2,1-2H3,(H,23,25)/t15-/m0/s1. The molecule has 2 aromatic rings. The molecular formula is C22H24N2O7S. The molecule has 3 rings (SSSR count). The van der Waals surface area contributed by atoms with Gasteiger partial charge in [0.2, 0.25) is 15.9 Å². The zero-order valence-corrected chi connectivity index (χ0v) is 18.6. The van der Waals surface area contributed by atoms with Crippen molar-refractivity contribution in [3.8, 4) is 0 Å². The van der Waals surface area contributed by atoms with Gasteiger partial charge in [0, 0.05) is 18.8 Å². The Morgan fingerprint density at radius 1 is 0.969 bits per heavy atom. The molecule has 1 aliphatic rings. The fraction of sp³-hybridized carbons (Fsp3) is 0.318. The van der Waals surface area contributed by atoms with Crippen molar-refractivity contribution in [2.24, 2.45) is 5.92 Å². The highest BCUT2D eigenvalue weighted by Gasteiger charge is 2.33. The Morgan fingerprint density at radius 3 is 2.12 bits per heavy atom. The van der Waals surface area contributed by atoms with Crippen LogP contribution < -0.4 is 5.32 Å². The van der Waals surface area contributed by atoms with Crippen molar-refractivity contribution in [1.29, 1.82) is 0 Å². The van der Waals surface area contributed by atoms with Crippen LogP contribution in [0, 0.1) is 5.92 Å². The van der Waals surface area contributed by atoms with Crippen LogP contribution in [0.2, 0.25) is 0 Å². The minimum absolute atomic E-state index is 0.0314. The van der Waals surface area contributed by atoms with Gasteiger partial charge in [0.25, 0.3) is 0 Å². The third-order valence-electron chi connectivity index (χ3n) is 5.18. The van der Waals surface area contributed by atoms with Crippen molar-refractivity contribution in [1.82, 2.24) is 4.31 Å². The fourth-order valence-corrected chi connectivity index (χ4v) is 5.08. The molecule has 32 heavy (non-hydrogen) atoms.